The SMILES string of the molecule is C=CCC1CCc2nc3c(cnn3CCC#CC)c(N)c2C1=O. The third-order valence-corrected chi connectivity index (χ3v) is 4.32. The van der Waals surface area contributed by atoms with Gasteiger partial charge in [-0.05, 0) is 26.2 Å². The Bertz CT molecular complexity index is 838. The fraction of sp³-hybridized carbons (Fsp3) is 0.389. The van der Waals surface area contributed by atoms with Crippen LogP contribution in [-0.2, 0) is 13.0 Å². The molecule has 1 atom stereocenters. The number of ketones is 1. The van der Waals surface area contributed by atoms with Gasteiger partial charge in [0.15, 0.2) is 11.4 Å². The number of aryl methyl sites for hydroxylation is 2. The maximum atomic E-state index is 12.7. The Hall–Kier alpha value is -2.61. The molecule has 2 N–H and O–H groups in total. The van der Waals surface area contributed by atoms with Crippen LogP contribution in [0.15, 0.2) is 18.9 Å². The number of allylic oxidation sites excluding steroid dienone is 1. The molecule has 118 valence electrons. The highest BCUT2D eigenvalue weighted by Crippen LogP contribution is 2.34. The molecule has 0 bridgehead atoms. The summed E-state index contributed by atoms with van der Waals surface area (Å²) in [6.07, 6.45) is 6.45. The van der Waals surface area contributed by atoms with Crippen molar-refractivity contribution in [1.29, 1.82) is 0 Å². The van der Waals surface area contributed by atoms with E-state index in [1.165, 1.54) is 0 Å². The molecule has 0 aliphatic heterocycles. The van der Waals surface area contributed by atoms with Gasteiger partial charge in [-0.3, -0.25) is 4.79 Å². The summed E-state index contributed by atoms with van der Waals surface area (Å²) in [6.45, 7) is 6.22. The van der Waals surface area contributed by atoms with Crippen LogP contribution in [0, 0.1) is 17.8 Å². The van der Waals surface area contributed by atoms with Gasteiger partial charge in [0.05, 0.1) is 35.1 Å². The van der Waals surface area contributed by atoms with Crippen molar-refractivity contribution < 1.29 is 4.79 Å². The number of nitrogens with zero attached hydrogens (tertiary/aromatic N) is 3. The first-order chi connectivity index (χ1) is 11.2. The Morgan fingerprint density at radius 1 is 1.57 bits per heavy atom. The van der Waals surface area contributed by atoms with Crippen molar-refractivity contribution in [1.82, 2.24) is 14.8 Å². The number of Topliss-reactive ketones (excluding diaryl/α,β-unsaturated/α-hetero) is 1. The highest BCUT2D eigenvalue weighted by Gasteiger charge is 2.31. The van der Waals surface area contributed by atoms with Gasteiger partial charge in [0.2, 0.25) is 0 Å². The monoisotopic (exact) mass is 308 g/mol. The third kappa shape index (κ3) is 2.61. The Morgan fingerprint density at radius 3 is 3.13 bits per heavy atom. The minimum Gasteiger partial charge on any atom is -0.397 e. The Kier molecular flexibility index (Phi) is 4.16. The van der Waals surface area contributed by atoms with Crippen molar-refractivity contribution in [2.45, 2.75) is 39.2 Å². The number of anilines is 1. The summed E-state index contributed by atoms with van der Waals surface area (Å²) in [5, 5.41) is 5.11. The number of nitrogens with two attached hydrogens (primary N) is 1. The van der Waals surface area contributed by atoms with Gasteiger partial charge in [0.1, 0.15) is 0 Å². The molecule has 1 aliphatic carbocycles. The standard InChI is InChI=1S/C18H20N4O/c1-3-5-6-10-22-18-13(11-20-22)16(19)15-14(21-18)9-8-12(7-4-2)17(15)23/h4,11-12H,2,6-10H2,1H3,(H2,19,21). The van der Waals surface area contributed by atoms with E-state index < -0.39 is 0 Å². The second kappa shape index (κ2) is 6.25. The van der Waals surface area contributed by atoms with Crippen LogP contribution in [0.3, 0.4) is 0 Å². The second-order valence-corrected chi connectivity index (χ2v) is 5.75. The molecule has 0 amide bonds. The average molecular weight is 308 g/mol. The van der Waals surface area contributed by atoms with Gasteiger partial charge >= 0.3 is 0 Å². The number of rotatable bonds is 4. The van der Waals surface area contributed by atoms with E-state index >= 15 is 0 Å². The molecular formula is C18H20N4O. The highest BCUT2D eigenvalue weighted by atomic mass is 16.1. The molecule has 5 nitrogen and oxygen atoms in total. The first-order valence-electron chi connectivity index (χ1n) is 7.86. The number of aromatic nitrogens is 3. The van der Waals surface area contributed by atoms with Crippen molar-refractivity contribution in [2.24, 2.45) is 5.92 Å². The molecule has 0 saturated carbocycles. The van der Waals surface area contributed by atoms with E-state index in [9.17, 15) is 4.79 Å². The predicted octanol–water partition coefficient (Wildman–Crippen LogP) is 2.75. The number of carbonyl (C=O) groups is 1. The van der Waals surface area contributed by atoms with Crippen molar-refractivity contribution in [3.63, 3.8) is 0 Å². The van der Waals surface area contributed by atoms with E-state index in [0.29, 0.717) is 30.6 Å². The van der Waals surface area contributed by atoms with Crippen molar-refractivity contribution in [3.8, 4) is 11.8 Å². The van der Waals surface area contributed by atoms with Gasteiger partial charge in [-0.1, -0.05) is 6.08 Å². The highest BCUT2D eigenvalue weighted by molar-refractivity contribution is 6.09. The Balaban J connectivity index is 2.05. The quantitative estimate of drug-likeness (QED) is 0.696. The zero-order chi connectivity index (χ0) is 16.4. The molecule has 0 aromatic carbocycles. The zero-order valence-corrected chi connectivity index (χ0v) is 13.3. The third-order valence-electron chi connectivity index (χ3n) is 4.32. The summed E-state index contributed by atoms with van der Waals surface area (Å²) < 4.78 is 1.82. The lowest BCUT2D eigenvalue weighted by Crippen LogP contribution is -2.25. The molecular weight excluding hydrogens is 288 g/mol. The van der Waals surface area contributed by atoms with Crippen LogP contribution in [0.25, 0.3) is 11.0 Å². The normalized spacial score (nSPS) is 16.7. The number of pyridine rings is 1. The van der Waals surface area contributed by atoms with Crippen LogP contribution in [0.2, 0.25) is 0 Å². The summed E-state index contributed by atoms with van der Waals surface area (Å²) in [4.78, 5) is 17.4. The molecule has 23 heavy (non-hydrogen) atoms. The summed E-state index contributed by atoms with van der Waals surface area (Å²) >= 11 is 0. The van der Waals surface area contributed by atoms with Crippen molar-refractivity contribution in [3.05, 3.63) is 30.1 Å². The zero-order valence-electron chi connectivity index (χ0n) is 13.3. The maximum Gasteiger partial charge on any atom is 0.170 e. The molecule has 2 aromatic rings. The second-order valence-electron chi connectivity index (χ2n) is 5.75. The van der Waals surface area contributed by atoms with E-state index in [2.05, 4.69) is 28.5 Å². The summed E-state index contributed by atoms with van der Waals surface area (Å²) in [6, 6.07) is 0. The van der Waals surface area contributed by atoms with Gasteiger partial charge in [-0.15, -0.1) is 18.4 Å². The number of hydrogen-bond donors (Lipinski definition) is 1. The molecule has 2 heterocycles. The lowest BCUT2D eigenvalue weighted by Gasteiger charge is -2.23. The van der Waals surface area contributed by atoms with E-state index in [4.69, 9.17) is 5.73 Å². The molecule has 5 heteroatoms. The summed E-state index contributed by atoms with van der Waals surface area (Å²) in [5.74, 6) is 5.95. The average Bonchev–Trinajstić information content (AvgIpc) is 2.94. The van der Waals surface area contributed by atoms with Gasteiger partial charge in [0.25, 0.3) is 0 Å². The fourth-order valence-corrected chi connectivity index (χ4v) is 3.14. The first kappa shape index (κ1) is 15.3. The van der Waals surface area contributed by atoms with Crippen LogP contribution in [0.4, 0.5) is 5.69 Å². The topological polar surface area (TPSA) is 73.8 Å². The molecule has 1 unspecified atom stereocenters. The maximum absolute atomic E-state index is 12.7. The van der Waals surface area contributed by atoms with Gasteiger partial charge in [-0.2, -0.15) is 5.10 Å². The van der Waals surface area contributed by atoms with Gasteiger partial charge < -0.3 is 5.73 Å². The lowest BCUT2D eigenvalue weighted by molar-refractivity contribution is 0.0903. The molecule has 0 spiro atoms. The van der Waals surface area contributed by atoms with E-state index in [-0.39, 0.29) is 11.7 Å². The predicted molar refractivity (Wildman–Crippen MR) is 91.0 cm³/mol. The Morgan fingerprint density at radius 2 is 2.39 bits per heavy atom. The summed E-state index contributed by atoms with van der Waals surface area (Å²) in [5.41, 5.74) is 8.93. The number of hydrogen-bond acceptors (Lipinski definition) is 4. The van der Waals surface area contributed by atoms with E-state index in [1.807, 2.05) is 11.6 Å². The Labute approximate surface area is 135 Å². The van der Waals surface area contributed by atoms with Crippen molar-refractivity contribution >= 4 is 22.5 Å². The number of fused-ring (bicyclic) bond motifs is 2. The number of nitrogen functional groups attached to an aromatic ring is 1. The minimum absolute atomic E-state index is 0.0311. The summed E-state index contributed by atoms with van der Waals surface area (Å²) in [7, 11) is 0. The van der Waals surface area contributed by atoms with Crippen LogP contribution in [0.1, 0.15) is 42.2 Å². The first-order valence-corrected chi connectivity index (χ1v) is 7.86. The lowest BCUT2D eigenvalue weighted by atomic mass is 9.82. The molecule has 0 fully saturated rings. The fourth-order valence-electron chi connectivity index (χ4n) is 3.14. The minimum atomic E-state index is -0.0311. The van der Waals surface area contributed by atoms with E-state index in [1.54, 1.807) is 12.3 Å². The molecule has 0 saturated heterocycles. The molecule has 1 aliphatic rings. The van der Waals surface area contributed by atoms with Crippen molar-refractivity contribution in [2.75, 3.05) is 5.73 Å². The van der Waals surface area contributed by atoms with Gasteiger partial charge in [-0.25, -0.2) is 9.67 Å². The van der Waals surface area contributed by atoms with E-state index in [0.717, 1.165) is 29.6 Å². The largest absolute Gasteiger partial charge is 0.397 e. The number of carbonyl (C=O) groups excluding carboxylic acids is 1. The van der Waals surface area contributed by atoms with Crippen LogP contribution < -0.4 is 5.73 Å². The molecule has 0 radical (unpaired) electrons. The molecule has 3 rings (SSSR count). The van der Waals surface area contributed by atoms with Crippen LogP contribution in [-0.4, -0.2) is 20.5 Å². The van der Waals surface area contributed by atoms with Crippen LogP contribution in [0.5, 0.6) is 0 Å². The molecule has 2 aromatic heterocycles. The smallest absolute Gasteiger partial charge is 0.170 e. The van der Waals surface area contributed by atoms with Crippen LogP contribution >= 0.6 is 0 Å². The van der Waals surface area contributed by atoms with Gasteiger partial charge in [0, 0.05) is 12.3 Å².